The molecule has 1 heterocycles. The van der Waals surface area contributed by atoms with E-state index in [9.17, 15) is 4.79 Å². The first-order valence-electron chi connectivity index (χ1n) is 9.61. The zero-order valence-electron chi connectivity index (χ0n) is 15.6. The molecule has 0 amide bonds. The highest BCUT2D eigenvalue weighted by Crippen LogP contribution is 2.21. The summed E-state index contributed by atoms with van der Waals surface area (Å²) in [5.41, 5.74) is 1.90. The van der Waals surface area contributed by atoms with E-state index in [0.29, 0.717) is 22.9 Å². The number of halogens is 1. The number of hydrogen-bond acceptors (Lipinski definition) is 4. The summed E-state index contributed by atoms with van der Waals surface area (Å²) in [6.45, 7) is 7.26. The maximum atomic E-state index is 11.1. The number of carbonyl (C=O) groups excluding carboxylic acids is 1. The Morgan fingerprint density at radius 1 is 0.963 bits per heavy atom. The number of piperazine rings is 1. The summed E-state index contributed by atoms with van der Waals surface area (Å²) in [5, 5.41) is 0.552. The number of unbranched alkanes of at least 4 members (excludes halogenated alkanes) is 1. The molecule has 0 aliphatic carbocycles. The molecule has 0 atom stereocenters. The van der Waals surface area contributed by atoms with Crippen LogP contribution in [-0.4, -0.2) is 55.4 Å². The van der Waals surface area contributed by atoms with Crippen molar-refractivity contribution in [1.82, 2.24) is 9.80 Å². The second kappa shape index (κ2) is 10.5. The van der Waals surface area contributed by atoms with Crippen LogP contribution in [0.25, 0.3) is 0 Å². The summed E-state index contributed by atoms with van der Waals surface area (Å²) in [4.78, 5) is 16.1. The van der Waals surface area contributed by atoms with Crippen molar-refractivity contribution in [2.75, 3.05) is 39.3 Å². The lowest BCUT2D eigenvalue weighted by atomic mass is 10.2. The van der Waals surface area contributed by atoms with Crippen molar-refractivity contribution in [2.24, 2.45) is 0 Å². The molecule has 144 valence electrons. The fourth-order valence-electron chi connectivity index (χ4n) is 3.38. The number of benzene rings is 2. The van der Waals surface area contributed by atoms with Gasteiger partial charge in [0.15, 0.2) is 6.29 Å². The Hall–Kier alpha value is -1.88. The van der Waals surface area contributed by atoms with Gasteiger partial charge in [0.05, 0.1) is 12.2 Å². The van der Waals surface area contributed by atoms with E-state index in [1.807, 2.05) is 0 Å². The van der Waals surface area contributed by atoms with E-state index < -0.39 is 0 Å². The maximum Gasteiger partial charge on any atom is 0.153 e. The lowest BCUT2D eigenvalue weighted by molar-refractivity contribution is 0.111. The molecule has 2 aromatic carbocycles. The number of rotatable bonds is 9. The van der Waals surface area contributed by atoms with E-state index in [2.05, 4.69) is 40.1 Å². The molecule has 0 aromatic heterocycles. The van der Waals surface area contributed by atoms with Crippen LogP contribution < -0.4 is 4.74 Å². The van der Waals surface area contributed by atoms with Crippen molar-refractivity contribution >= 4 is 17.9 Å². The van der Waals surface area contributed by atoms with Crippen LogP contribution in [-0.2, 0) is 6.54 Å². The van der Waals surface area contributed by atoms with Gasteiger partial charge in [0.1, 0.15) is 5.75 Å². The smallest absolute Gasteiger partial charge is 0.153 e. The van der Waals surface area contributed by atoms with E-state index in [-0.39, 0.29) is 0 Å². The molecular formula is C22H27ClN2O2. The van der Waals surface area contributed by atoms with Crippen LogP contribution in [0, 0.1) is 0 Å². The van der Waals surface area contributed by atoms with Gasteiger partial charge in [0.25, 0.3) is 0 Å². The van der Waals surface area contributed by atoms with E-state index in [1.165, 1.54) is 5.56 Å². The zero-order chi connectivity index (χ0) is 18.9. The SMILES string of the molecule is O=Cc1cc(Cl)ccc1OCCCCN1CCN(Cc2ccccc2)CC1. The first-order chi connectivity index (χ1) is 13.2. The molecule has 1 aliphatic heterocycles. The number of ether oxygens (including phenoxy) is 1. The van der Waals surface area contributed by atoms with Gasteiger partial charge in [0.2, 0.25) is 0 Å². The Kier molecular flexibility index (Phi) is 7.69. The summed E-state index contributed by atoms with van der Waals surface area (Å²) in [5.74, 6) is 0.615. The van der Waals surface area contributed by atoms with Crippen LogP contribution in [0.1, 0.15) is 28.8 Å². The molecule has 3 rings (SSSR count). The Balaban J connectivity index is 1.30. The van der Waals surface area contributed by atoms with Crippen molar-refractivity contribution in [3.8, 4) is 5.75 Å². The van der Waals surface area contributed by atoms with Crippen molar-refractivity contribution in [2.45, 2.75) is 19.4 Å². The van der Waals surface area contributed by atoms with Gasteiger partial charge in [-0.05, 0) is 43.1 Å². The highest BCUT2D eigenvalue weighted by Gasteiger charge is 2.16. The molecule has 2 aromatic rings. The molecule has 27 heavy (non-hydrogen) atoms. The van der Waals surface area contributed by atoms with Crippen molar-refractivity contribution in [3.05, 3.63) is 64.7 Å². The predicted molar refractivity (Wildman–Crippen MR) is 110 cm³/mol. The Morgan fingerprint density at radius 2 is 1.70 bits per heavy atom. The number of carbonyl (C=O) groups is 1. The van der Waals surface area contributed by atoms with Gasteiger partial charge in [-0.1, -0.05) is 41.9 Å². The first-order valence-corrected chi connectivity index (χ1v) is 9.98. The van der Waals surface area contributed by atoms with Gasteiger partial charge < -0.3 is 9.64 Å². The summed E-state index contributed by atoms with van der Waals surface area (Å²) < 4.78 is 5.74. The fourth-order valence-corrected chi connectivity index (χ4v) is 3.56. The molecule has 1 fully saturated rings. The highest BCUT2D eigenvalue weighted by atomic mass is 35.5. The molecular weight excluding hydrogens is 360 g/mol. The van der Waals surface area contributed by atoms with Crippen LogP contribution in [0.3, 0.4) is 0 Å². The molecule has 0 saturated carbocycles. The van der Waals surface area contributed by atoms with E-state index in [1.54, 1.807) is 18.2 Å². The minimum absolute atomic E-state index is 0.511. The van der Waals surface area contributed by atoms with Crippen molar-refractivity contribution in [1.29, 1.82) is 0 Å². The molecule has 0 bridgehead atoms. The van der Waals surface area contributed by atoms with E-state index >= 15 is 0 Å². The van der Waals surface area contributed by atoms with Gasteiger partial charge >= 0.3 is 0 Å². The molecule has 0 N–H and O–H groups in total. The standard InChI is InChI=1S/C22H27ClN2O2/c23-21-8-9-22(20(16-21)18-26)27-15-5-4-10-24-11-13-25(14-12-24)17-19-6-2-1-3-7-19/h1-3,6-9,16,18H,4-5,10-15,17H2. The molecule has 0 radical (unpaired) electrons. The lowest BCUT2D eigenvalue weighted by Crippen LogP contribution is -2.46. The summed E-state index contributed by atoms with van der Waals surface area (Å²) >= 11 is 5.90. The van der Waals surface area contributed by atoms with Crippen LogP contribution in [0.4, 0.5) is 0 Å². The molecule has 0 spiro atoms. The average Bonchev–Trinajstić information content (AvgIpc) is 2.70. The summed E-state index contributed by atoms with van der Waals surface area (Å²) in [6.07, 6.45) is 2.87. The normalized spacial score (nSPS) is 15.6. The van der Waals surface area contributed by atoms with Crippen LogP contribution in [0.5, 0.6) is 5.75 Å². The number of aldehydes is 1. The highest BCUT2D eigenvalue weighted by molar-refractivity contribution is 6.30. The largest absolute Gasteiger partial charge is 0.493 e. The van der Waals surface area contributed by atoms with Crippen molar-refractivity contribution in [3.63, 3.8) is 0 Å². The van der Waals surface area contributed by atoms with E-state index in [0.717, 1.165) is 58.4 Å². The number of hydrogen-bond donors (Lipinski definition) is 0. The van der Waals surface area contributed by atoms with Gasteiger partial charge in [-0.25, -0.2) is 0 Å². The van der Waals surface area contributed by atoms with Crippen LogP contribution in [0.15, 0.2) is 48.5 Å². The molecule has 0 unspecified atom stereocenters. The predicted octanol–water partition coefficient (Wildman–Crippen LogP) is 4.13. The Bertz CT molecular complexity index is 716. The number of nitrogens with zero attached hydrogens (tertiary/aromatic N) is 2. The minimum atomic E-state index is 0.511. The van der Waals surface area contributed by atoms with Crippen LogP contribution in [0.2, 0.25) is 5.02 Å². The topological polar surface area (TPSA) is 32.8 Å². The van der Waals surface area contributed by atoms with Gasteiger partial charge in [-0.3, -0.25) is 9.69 Å². The molecule has 1 saturated heterocycles. The minimum Gasteiger partial charge on any atom is -0.493 e. The summed E-state index contributed by atoms with van der Waals surface area (Å²) in [6, 6.07) is 15.8. The third-order valence-electron chi connectivity index (χ3n) is 4.94. The molecule has 5 heteroatoms. The van der Waals surface area contributed by atoms with Gasteiger partial charge in [-0.2, -0.15) is 0 Å². The second-order valence-electron chi connectivity index (χ2n) is 6.96. The fraction of sp³-hybridized carbons (Fsp3) is 0.409. The zero-order valence-corrected chi connectivity index (χ0v) is 16.4. The third-order valence-corrected chi connectivity index (χ3v) is 5.17. The quantitative estimate of drug-likeness (QED) is 0.479. The Labute approximate surface area is 166 Å². The monoisotopic (exact) mass is 386 g/mol. The average molecular weight is 387 g/mol. The third kappa shape index (κ3) is 6.35. The maximum absolute atomic E-state index is 11.1. The van der Waals surface area contributed by atoms with Crippen molar-refractivity contribution < 1.29 is 9.53 Å². The van der Waals surface area contributed by atoms with Gasteiger partial charge in [-0.15, -0.1) is 0 Å². The second-order valence-corrected chi connectivity index (χ2v) is 7.40. The van der Waals surface area contributed by atoms with Gasteiger partial charge in [0, 0.05) is 37.7 Å². The first kappa shape index (κ1) is 19.9. The molecule has 4 nitrogen and oxygen atoms in total. The van der Waals surface area contributed by atoms with E-state index in [4.69, 9.17) is 16.3 Å². The Morgan fingerprint density at radius 3 is 2.44 bits per heavy atom. The summed E-state index contributed by atoms with van der Waals surface area (Å²) in [7, 11) is 0. The van der Waals surface area contributed by atoms with Crippen LogP contribution >= 0.6 is 11.6 Å². The molecule has 1 aliphatic rings. The lowest BCUT2D eigenvalue weighted by Gasteiger charge is -2.34.